The van der Waals surface area contributed by atoms with Gasteiger partial charge in [-0.25, -0.2) is 4.39 Å². The van der Waals surface area contributed by atoms with Crippen molar-refractivity contribution < 1.29 is 14.3 Å². The highest BCUT2D eigenvalue weighted by Gasteiger charge is 2.06. The zero-order valence-corrected chi connectivity index (χ0v) is 7.70. The summed E-state index contributed by atoms with van der Waals surface area (Å²) in [5.74, 6) is -0.509. The van der Waals surface area contributed by atoms with Crippen LogP contribution in [0.1, 0.15) is 12.5 Å². The molecule has 0 unspecified atom stereocenters. The molecule has 5 heteroatoms. The van der Waals surface area contributed by atoms with Crippen LogP contribution in [0.2, 0.25) is 0 Å². The van der Waals surface area contributed by atoms with Gasteiger partial charge in [-0.15, -0.1) is 0 Å². The van der Waals surface area contributed by atoms with Crippen LogP contribution < -0.4 is 10.5 Å². The molecule has 0 radical (unpaired) electrons. The molecule has 76 valence electrons. The highest BCUT2D eigenvalue weighted by atomic mass is 19.1. The number of nitrogens with zero attached hydrogens (tertiary/aromatic N) is 1. The third-order valence-electron chi connectivity index (χ3n) is 1.64. The first-order chi connectivity index (χ1) is 6.69. The van der Waals surface area contributed by atoms with Crippen molar-refractivity contribution in [3.63, 3.8) is 0 Å². The molecule has 0 aliphatic rings. The molecule has 1 aromatic rings. The van der Waals surface area contributed by atoms with Crippen LogP contribution >= 0.6 is 0 Å². The Hall–Kier alpha value is -1.78. The number of nitrogens with two attached hydrogens (primary N) is 1. The van der Waals surface area contributed by atoms with Gasteiger partial charge in [0.25, 0.3) is 0 Å². The van der Waals surface area contributed by atoms with Crippen LogP contribution in [0.25, 0.3) is 0 Å². The molecule has 0 aromatic heterocycles. The lowest BCUT2D eigenvalue weighted by Crippen LogP contribution is -2.13. The minimum absolute atomic E-state index is 0.132. The van der Waals surface area contributed by atoms with Gasteiger partial charge in [0.15, 0.2) is 17.4 Å². The molecule has 0 amide bonds. The van der Waals surface area contributed by atoms with Gasteiger partial charge in [0, 0.05) is 5.56 Å². The summed E-state index contributed by atoms with van der Waals surface area (Å²) in [6.45, 7) is 2.15. The van der Waals surface area contributed by atoms with E-state index in [4.69, 9.17) is 15.7 Å². The number of halogens is 1. The Morgan fingerprint density at radius 1 is 1.64 bits per heavy atom. The molecule has 0 saturated heterocycles. The van der Waals surface area contributed by atoms with E-state index in [2.05, 4.69) is 5.16 Å². The van der Waals surface area contributed by atoms with Crippen molar-refractivity contribution in [2.24, 2.45) is 10.9 Å². The maximum Gasteiger partial charge on any atom is 0.170 e. The zero-order chi connectivity index (χ0) is 10.6. The topological polar surface area (TPSA) is 67.8 Å². The second-order valence-corrected chi connectivity index (χ2v) is 2.56. The zero-order valence-electron chi connectivity index (χ0n) is 7.70. The molecule has 1 aromatic carbocycles. The first kappa shape index (κ1) is 10.3. The molecule has 0 saturated carbocycles. The van der Waals surface area contributed by atoms with E-state index in [0.717, 1.165) is 6.07 Å². The Labute approximate surface area is 80.8 Å². The molecular formula is C9H11FN2O2. The molecule has 14 heavy (non-hydrogen) atoms. The minimum atomic E-state index is -0.532. The van der Waals surface area contributed by atoms with Gasteiger partial charge < -0.3 is 15.7 Å². The lowest BCUT2D eigenvalue weighted by Gasteiger charge is -2.05. The van der Waals surface area contributed by atoms with E-state index in [-0.39, 0.29) is 11.6 Å². The fourth-order valence-corrected chi connectivity index (χ4v) is 0.990. The largest absolute Gasteiger partial charge is 0.491 e. The van der Waals surface area contributed by atoms with E-state index in [9.17, 15) is 4.39 Å². The van der Waals surface area contributed by atoms with Gasteiger partial charge in [-0.1, -0.05) is 5.16 Å². The third kappa shape index (κ3) is 2.12. The predicted molar refractivity (Wildman–Crippen MR) is 50.1 cm³/mol. The van der Waals surface area contributed by atoms with Crippen LogP contribution in [0.5, 0.6) is 5.75 Å². The van der Waals surface area contributed by atoms with E-state index < -0.39 is 5.82 Å². The summed E-state index contributed by atoms with van der Waals surface area (Å²) in [4.78, 5) is 0. The summed E-state index contributed by atoms with van der Waals surface area (Å²) in [6.07, 6.45) is 0. The van der Waals surface area contributed by atoms with Crippen molar-refractivity contribution in [2.75, 3.05) is 6.61 Å². The third-order valence-corrected chi connectivity index (χ3v) is 1.64. The van der Waals surface area contributed by atoms with Crippen molar-refractivity contribution in [1.82, 2.24) is 0 Å². The Morgan fingerprint density at radius 2 is 2.36 bits per heavy atom. The van der Waals surface area contributed by atoms with Gasteiger partial charge in [-0.05, 0) is 25.1 Å². The Balaban J connectivity index is 3.00. The van der Waals surface area contributed by atoms with E-state index in [1.807, 2.05) is 0 Å². The molecule has 1 rings (SSSR count). The van der Waals surface area contributed by atoms with Crippen LogP contribution in [-0.4, -0.2) is 17.6 Å². The predicted octanol–water partition coefficient (Wildman–Crippen LogP) is 1.32. The number of ether oxygens (including phenoxy) is 1. The van der Waals surface area contributed by atoms with Gasteiger partial charge in [0.05, 0.1) is 6.61 Å². The maximum atomic E-state index is 13.2. The summed E-state index contributed by atoms with van der Waals surface area (Å²) >= 11 is 0. The summed E-state index contributed by atoms with van der Waals surface area (Å²) in [6, 6.07) is 4.11. The van der Waals surface area contributed by atoms with Crippen molar-refractivity contribution in [3.05, 3.63) is 29.6 Å². The Bertz CT molecular complexity index is 353. The van der Waals surface area contributed by atoms with E-state index in [0.29, 0.717) is 12.2 Å². The number of oxime groups is 1. The van der Waals surface area contributed by atoms with E-state index in [1.54, 1.807) is 6.92 Å². The molecule has 4 nitrogen and oxygen atoms in total. The van der Waals surface area contributed by atoms with Crippen molar-refractivity contribution in [2.45, 2.75) is 6.92 Å². The molecule has 0 aliphatic heterocycles. The van der Waals surface area contributed by atoms with Crippen LogP contribution in [0.4, 0.5) is 4.39 Å². The Morgan fingerprint density at radius 3 is 2.86 bits per heavy atom. The first-order valence-corrected chi connectivity index (χ1v) is 4.09. The Kier molecular flexibility index (Phi) is 3.28. The molecule has 3 N–H and O–H groups in total. The monoisotopic (exact) mass is 198 g/mol. The van der Waals surface area contributed by atoms with Gasteiger partial charge in [0.2, 0.25) is 0 Å². The van der Waals surface area contributed by atoms with Crippen molar-refractivity contribution in [1.29, 1.82) is 0 Å². The van der Waals surface area contributed by atoms with Crippen LogP contribution in [0, 0.1) is 5.82 Å². The second kappa shape index (κ2) is 4.45. The van der Waals surface area contributed by atoms with Crippen LogP contribution in [0.3, 0.4) is 0 Å². The molecule has 0 bridgehead atoms. The van der Waals surface area contributed by atoms with Gasteiger partial charge in [-0.3, -0.25) is 0 Å². The average molecular weight is 198 g/mol. The SMILES string of the molecule is CCOc1ccc(C(N)=NO)cc1F. The van der Waals surface area contributed by atoms with E-state index in [1.165, 1.54) is 12.1 Å². The van der Waals surface area contributed by atoms with Gasteiger partial charge >= 0.3 is 0 Å². The number of hydrogen-bond acceptors (Lipinski definition) is 3. The molecule has 0 spiro atoms. The summed E-state index contributed by atoms with van der Waals surface area (Å²) in [7, 11) is 0. The van der Waals surface area contributed by atoms with Crippen molar-refractivity contribution >= 4 is 5.84 Å². The number of amidine groups is 1. The van der Waals surface area contributed by atoms with Gasteiger partial charge in [0.1, 0.15) is 0 Å². The average Bonchev–Trinajstić information content (AvgIpc) is 2.20. The lowest BCUT2D eigenvalue weighted by atomic mass is 10.2. The fourth-order valence-electron chi connectivity index (χ4n) is 0.990. The van der Waals surface area contributed by atoms with Crippen LogP contribution in [-0.2, 0) is 0 Å². The number of benzene rings is 1. The van der Waals surface area contributed by atoms with E-state index >= 15 is 0 Å². The summed E-state index contributed by atoms with van der Waals surface area (Å²) in [5, 5.41) is 11.1. The quantitative estimate of drug-likeness (QED) is 0.333. The normalized spacial score (nSPS) is 11.4. The molecule has 0 fully saturated rings. The highest BCUT2D eigenvalue weighted by Crippen LogP contribution is 2.17. The molecular weight excluding hydrogens is 187 g/mol. The standard InChI is InChI=1S/C9H11FN2O2/c1-2-14-8-4-3-6(5-7(8)10)9(11)12-13/h3-5,13H,2H2,1H3,(H2,11,12). The van der Waals surface area contributed by atoms with Gasteiger partial charge in [-0.2, -0.15) is 0 Å². The van der Waals surface area contributed by atoms with Crippen molar-refractivity contribution in [3.8, 4) is 5.75 Å². The maximum absolute atomic E-state index is 13.2. The molecule has 0 atom stereocenters. The second-order valence-electron chi connectivity index (χ2n) is 2.56. The smallest absolute Gasteiger partial charge is 0.170 e. The first-order valence-electron chi connectivity index (χ1n) is 4.09. The lowest BCUT2D eigenvalue weighted by molar-refractivity contribution is 0.318. The highest BCUT2D eigenvalue weighted by molar-refractivity contribution is 5.97. The summed E-state index contributed by atoms with van der Waals surface area (Å²) < 4.78 is 18.2. The molecule has 0 aliphatic carbocycles. The fraction of sp³-hybridized carbons (Fsp3) is 0.222. The number of rotatable bonds is 3. The minimum Gasteiger partial charge on any atom is -0.491 e. The number of hydrogen-bond donors (Lipinski definition) is 2. The summed E-state index contributed by atoms with van der Waals surface area (Å²) in [5.41, 5.74) is 5.59. The van der Waals surface area contributed by atoms with Crippen LogP contribution in [0.15, 0.2) is 23.4 Å². The molecule has 0 heterocycles.